The van der Waals surface area contributed by atoms with Crippen molar-refractivity contribution in [3.05, 3.63) is 21.9 Å². The first kappa shape index (κ1) is 17.3. The van der Waals surface area contributed by atoms with Crippen LogP contribution >= 0.6 is 11.3 Å². The van der Waals surface area contributed by atoms with E-state index in [2.05, 4.69) is 30.6 Å². The SMILES string of the molecule is Cc1ccsc1C(C)NCC1CCN(C(=O)OC(C)(C)C)C1. The summed E-state index contributed by atoms with van der Waals surface area (Å²) in [5, 5.41) is 5.75. The van der Waals surface area contributed by atoms with Crippen LogP contribution in [-0.4, -0.2) is 36.2 Å². The number of nitrogens with zero attached hydrogens (tertiary/aromatic N) is 1. The predicted molar refractivity (Wildman–Crippen MR) is 91.4 cm³/mol. The normalized spacial score (nSPS) is 20.2. The van der Waals surface area contributed by atoms with E-state index in [1.54, 1.807) is 11.3 Å². The summed E-state index contributed by atoms with van der Waals surface area (Å²) < 4.78 is 5.44. The number of amides is 1. The Morgan fingerprint density at radius 1 is 1.55 bits per heavy atom. The van der Waals surface area contributed by atoms with Crippen LogP contribution in [0.4, 0.5) is 4.79 Å². The molecule has 1 N–H and O–H groups in total. The summed E-state index contributed by atoms with van der Waals surface area (Å²) in [4.78, 5) is 15.3. The van der Waals surface area contributed by atoms with E-state index < -0.39 is 5.60 Å². The van der Waals surface area contributed by atoms with Crippen LogP contribution in [0.1, 0.15) is 50.6 Å². The van der Waals surface area contributed by atoms with Crippen LogP contribution in [-0.2, 0) is 4.74 Å². The molecule has 1 fully saturated rings. The first-order valence-electron chi connectivity index (χ1n) is 8.01. The minimum atomic E-state index is -0.418. The number of carbonyl (C=O) groups excluding carboxylic acids is 1. The van der Waals surface area contributed by atoms with Crippen molar-refractivity contribution in [1.29, 1.82) is 0 Å². The lowest BCUT2D eigenvalue weighted by Crippen LogP contribution is -2.36. The molecule has 2 unspecified atom stereocenters. The fraction of sp³-hybridized carbons (Fsp3) is 0.706. The molecule has 1 aliphatic heterocycles. The maximum absolute atomic E-state index is 12.1. The number of thiophene rings is 1. The number of aryl methyl sites for hydroxylation is 1. The van der Waals surface area contributed by atoms with Gasteiger partial charge in [-0.1, -0.05) is 0 Å². The quantitative estimate of drug-likeness (QED) is 0.911. The lowest BCUT2D eigenvalue weighted by Gasteiger charge is -2.24. The number of rotatable bonds is 4. The zero-order valence-electron chi connectivity index (χ0n) is 14.3. The van der Waals surface area contributed by atoms with Crippen LogP contribution in [0.5, 0.6) is 0 Å². The van der Waals surface area contributed by atoms with E-state index in [0.29, 0.717) is 12.0 Å². The van der Waals surface area contributed by atoms with Gasteiger partial charge in [0.2, 0.25) is 0 Å². The highest BCUT2D eigenvalue weighted by atomic mass is 32.1. The molecule has 1 aliphatic rings. The van der Waals surface area contributed by atoms with Crippen LogP contribution in [0, 0.1) is 12.8 Å². The molecule has 0 spiro atoms. The molecule has 2 heterocycles. The van der Waals surface area contributed by atoms with Crippen LogP contribution in [0.15, 0.2) is 11.4 Å². The van der Waals surface area contributed by atoms with Crippen molar-refractivity contribution in [3.8, 4) is 0 Å². The third-order valence-corrected chi connectivity index (χ3v) is 5.15. The minimum Gasteiger partial charge on any atom is -0.444 e. The van der Waals surface area contributed by atoms with E-state index in [9.17, 15) is 4.79 Å². The Labute approximate surface area is 137 Å². The Bertz CT molecular complexity index is 507. The zero-order valence-corrected chi connectivity index (χ0v) is 15.1. The average molecular weight is 324 g/mol. The van der Waals surface area contributed by atoms with Crippen molar-refractivity contribution in [2.24, 2.45) is 5.92 Å². The van der Waals surface area contributed by atoms with Crippen molar-refractivity contribution < 1.29 is 9.53 Å². The number of likely N-dealkylation sites (tertiary alicyclic amines) is 1. The Balaban J connectivity index is 1.77. The molecule has 1 amide bonds. The second-order valence-corrected chi connectivity index (χ2v) is 8.13. The summed E-state index contributed by atoms with van der Waals surface area (Å²) in [5.74, 6) is 0.509. The Hall–Kier alpha value is -1.07. The highest BCUT2D eigenvalue weighted by Crippen LogP contribution is 2.24. The van der Waals surface area contributed by atoms with Crippen molar-refractivity contribution >= 4 is 17.4 Å². The Kier molecular flexibility index (Phi) is 5.50. The van der Waals surface area contributed by atoms with E-state index in [-0.39, 0.29) is 6.09 Å². The molecule has 1 aromatic rings. The average Bonchev–Trinajstić information content (AvgIpc) is 3.02. The zero-order chi connectivity index (χ0) is 16.3. The summed E-state index contributed by atoms with van der Waals surface area (Å²) in [6.07, 6.45) is 0.861. The molecule has 0 aromatic carbocycles. The lowest BCUT2D eigenvalue weighted by molar-refractivity contribution is 0.0288. The van der Waals surface area contributed by atoms with E-state index in [4.69, 9.17) is 4.74 Å². The number of hydrogen-bond donors (Lipinski definition) is 1. The molecular weight excluding hydrogens is 296 g/mol. The molecule has 4 nitrogen and oxygen atoms in total. The maximum Gasteiger partial charge on any atom is 0.410 e. The van der Waals surface area contributed by atoms with E-state index in [0.717, 1.165) is 26.1 Å². The van der Waals surface area contributed by atoms with Gasteiger partial charge in [0.15, 0.2) is 0 Å². The van der Waals surface area contributed by atoms with Gasteiger partial charge in [0.1, 0.15) is 5.60 Å². The van der Waals surface area contributed by atoms with Gasteiger partial charge in [-0.2, -0.15) is 0 Å². The van der Waals surface area contributed by atoms with Gasteiger partial charge in [-0.15, -0.1) is 11.3 Å². The molecule has 2 atom stereocenters. The van der Waals surface area contributed by atoms with E-state index in [1.165, 1.54) is 10.4 Å². The van der Waals surface area contributed by atoms with Crippen LogP contribution in [0.25, 0.3) is 0 Å². The molecule has 1 saturated heterocycles. The molecule has 22 heavy (non-hydrogen) atoms. The van der Waals surface area contributed by atoms with Crippen LogP contribution < -0.4 is 5.32 Å². The molecular formula is C17H28N2O2S. The fourth-order valence-corrected chi connectivity index (χ4v) is 3.72. The Morgan fingerprint density at radius 3 is 2.86 bits per heavy atom. The Morgan fingerprint density at radius 2 is 2.27 bits per heavy atom. The number of ether oxygens (including phenoxy) is 1. The third kappa shape index (κ3) is 4.71. The second kappa shape index (κ2) is 7.01. The van der Waals surface area contributed by atoms with Crippen LogP contribution in [0.2, 0.25) is 0 Å². The number of carbonyl (C=O) groups is 1. The van der Waals surface area contributed by atoms with Crippen molar-refractivity contribution in [2.45, 2.75) is 52.7 Å². The highest BCUT2D eigenvalue weighted by Gasteiger charge is 2.29. The van der Waals surface area contributed by atoms with Gasteiger partial charge in [0.05, 0.1) is 0 Å². The number of hydrogen-bond acceptors (Lipinski definition) is 4. The molecule has 2 rings (SSSR count). The largest absolute Gasteiger partial charge is 0.444 e. The standard InChI is InChI=1S/C17H28N2O2S/c1-12-7-9-22-15(12)13(2)18-10-14-6-8-19(11-14)16(20)21-17(3,4)5/h7,9,13-14,18H,6,8,10-11H2,1-5H3. The molecule has 0 radical (unpaired) electrons. The fourth-order valence-electron chi connectivity index (χ4n) is 2.76. The maximum atomic E-state index is 12.1. The summed E-state index contributed by atoms with van der Waals surface area (Å²) in [7, 11) is 0. The van der Waals surface area contributed by atoms with Gasteiger partial charge in [-0.3, -0.25) is 0 Å². The molecule has 0 bridgehead atoms. The van der Waals surface area contributed by atoms with Crippen molar-refractivity contribution in [3.63, 3.8) is 0 Å². The topological polar surface area (TPSA) is 41.6 Å². The summed E-state index contributed by atoms with van der Waals surface area (Å²) in [5.41, 5.74) is 0.935. The first-order valence-corrected chi connectivity index (χ1v) is 8.89. The van der Waals surface area contributed by atoms with Gasteiger partial charge in [0.25, 0.3) is 0 Å². The summed E-state index contributed by atoms with van der Waals surface area (Å²) in [6, 6.07) is 2.54. The van der Waals surface area contributed by atoms with Gasteiger partial charge in [-0.25, -0.2) is 4.79 Å². The molecule has 124 valence electrons. The lowest BCUT2D eigenvalue weighted by atomic mass is 10.1. The highest BCUT2D eigenvalue weighted by molar-refractivity contribution is 7.10. The van der Waals surface area contributed by atoms with Crippen molar-refractivity contribution in [2.75, 3.05) is 19.6 Å². The van der Waals surface area contributed by atoms with Crippen molar-refractivity contribution in [1.82, 2.24) is 10.2 Å². The summed E-state index contributed by atoms with van der Waals surface area (Å²) in [6.45, 7) is 12.6. The number of nitrogens with one attached hydrogen (secondary N) is 1. The summed E-state index contributed by atoms with van der Waals surface area (Å²) >= 11 is 1.80. The van der Waals surface area contributed by atoms with Gasteiger partial charge >= 0.3 is 6.09 Å². The molecule has 0 saturated carbocycles. The molecule has 1 aromatic heterocycles. The predicted octanol–water partition coefficient (Wildman–Crippen LogP) is 3.96. The smallest absolute Gasteiger partial charge is 0.410 e. The molecule has 0 aliphatic carbocycles. The second-order valence-electron chi connectivity index (χ2n) is 7.18. The third-order valence-electron chi connectivity index (χ3n) is 3.95. The van der Waals surface area contributed by atoms with E-state index in [1.807, 2.05) is 25.7 Å². The van der Waals surface area contributed by atoms with Crippen LogP contribution in [0.3, 0.4) is 0 Å². The van der Waals surface area contributed by atoms with E-state index >= 15 is 0 Å². The van der Waals surface area contributed by atoms with Gasteiger partial charge < -0.3 is 15.0 Å². The van der Waals surface area contributed by atoms with Gasteiger partial charge in [0, 0.05) is 30.6 Å². The monoisotopic (exact) mass is 324 g/mol. The molecule has 5 heteroatoms. The minimum absolute atomic E-state index is 0.183. The van der Waals surface area contributed by atoms with Gasteiger partial charge in [-0.05, 0) is 64.0 Å². The first-order chi connectivity index (χ1) is 10.3.